The number of aromatic amines is 1. The van der Waals surface area contributed by atoms with Gasteiger partial charge in [0.15, 0.2) is 0 Å². The first kappa shape index (κ1) is 19.3. The van der Waals surface area contributed by atoms with Gasteiger partial charge in [-0.2, -0.15) is 4.31 Å². The average molecular weight is 439 g/mol. The van der Waals surface area contributed by atoms with Gasteiger partial charge in [0, 0.05) is 36.1 Å². The zero-order valence-corrected chi connectivity index (χ0v) is 17.2. The smallest absolute Gasteiger partial charge is 0.337 e. The molecule has 2 heterocycles. The lowest BCUT2D eigenvalue weighted by atomic mass is 10.0. The van der Waals surface area contributed by atoms with Crippen molar-refractivity contribution in [2.24, 2.45) is 0 Å². The van der Waals surface area contributed by atoms with Crippen LogP contribution in [0.2, 0.25) is 10.0 Å². The number of aromatic nitrogens is 1. The molecule has 1 aliphatic rings. The van der Waals surface area contributed by atoms with E-state index in [4.69, 9.17) is 27.9 Å². The second kappa shape index (κ2) is 7.08. The molecule has 9 heteroatoms. The molecule has 0 unspecified atom stereocenters. The highest BCUT2D eigenvalue weighted by Gasteiger charge is 2.30. The van der Waals surface area contributed by atoms with Gasteiger partial charge in [0.25, 0.3) is 0 Å². The maximum atomic E-state index is 13.1. The molecule has 0 saturated carbocycles. The standard InChI is InChI=1S/C19H16Cl2N2O4S/c1-27-19(24)11-2-5-17-13(8-11)14-10-23(7-6-18(14)22-17)28(25,26)12-3-4-15(20)16(21)9-12/h2-5,8-9,22H,6-7,10H2,1H3. The number of methoxy groups -OCH3 is 1. The first-order valence-electron chi connectivity index (χ1n) is 8.48. The summed E-state index contributed by atoms with van der Waals surface area (Å²) in [4.78, 5) is 15.3. The van der Waals surface area contributed by atoms with Crippen LogP contribution in [0.4, 0.5) is 0 Å². The topological polar surface area (TPSA) is 79.5 Å². The maximum Gasteiger partial charge on any atom is 0.337 e. The maximum absolute atomic E-state index is 13.1. The molecular weight excluding hydrogens is 423 g/mol. The number of hydrogen-bond donors (Lipinski definition) is 1. The van der Waals surface area contributed by atoms with Gasteiger partial charge in [0.2, 0.25) is 10.0 Å². The van der Waals surface area contributed by atoms with E-state index in [1.165, 1.54) is 29.6 Å². The number of carbonyl (C=O) groups excluding carboxylic acids is 1. The predicted octanol–water partition coefficient (Wildman–Crippen LogP) is 4.01. The van der Waals surface area contributed by atoms with Crippen molar-refractivity contribution in [3.05, 3.63) is 63.3 Å². The molecule has 0 saturated heterocycles. The van der Waals surface area contributed by atoms with Crippen LogP contribution in [0.3, 0.4) is 0 Å². The van der Waals surface area contributed by atoms with Gasteiger partial charge in [-0.05, 0) is 42.0 Å². The molecule has 0 bridgehead atoms. The molecule has 0 amide bonds. The number of carbonyl (C=O) groups is 1. The zero-order valence-electron chi connectivity index (χ0n) is 14.8. The van der Waals surface area contributed by atoms with Crippen molar-refractivity contribution in [2.45, 2.75) is 17.9 Å². The Balaban J connectivity index is 1.74. The van der Waals surface area contributed by atoms with Crippen molar-refractivity contribution < 1.29 is 17.9 Å². The molecule has 1 aliphatic heterocycles. The van der Waals surface area contributed by atoms with E-state index in [9.17, 15) is 13.2 Å². The van der Waals surface area contributed by atoms with Gasteiger partial charge in [-0.25, -0.2) is 13.2 Å². The van der Waals surface area contributed by atoms with Gasteiger partial charge in [0.05, 0.1) is 27.6 Å². The van der Waals surface area contributed by atoms with Crippen LogP contribution in [-0.4, -0.2) is 37.3 Å². The monoisotopic (exact) mass is 438 g/mol. The lowest BCUT2D eigenvalue weighted by Gasteiger charge is -2.26. The number of benzene rings is 2. The number of nitrogens with one attached hydrogen (secondary N) is 1. The highest BCUT2D eigenvalue weighted by molar-refractivity contribution is 7.89. The van der Waals surface area contributed by atoms with Gasteiger partial charge < -0.3 is 9.72 Å². The van der Waals surface area contributed by atoms with E-state index in [2.05, 4.69) is 4.98 Å². The van der Waals surface area contributed by atoms with Crippen LogP contribution >= 0.6 is 23.2 Å². The summed E-state index contributed by atoms with van der Waals surface area (Å²) in [5.41, 5.74) is 3.10. The average Bonchev–Trinajstić information content (AvgIpc) is 3.06. The molecule has 1 N–H and O–H groups in total. The van der Waals surface area contributed by atoms with Crippen LogP contribution in [-0.2, 0) is 27.7 Å². The third-order valence-electron chi connectivity index (χ3n) is 4.89. The van der Waals surface area contributed by atoms with E-state index in [0.29, 0.717) is 23.6 Å². The molecular formula is C19H16Cl2N2O4S. The predicted molar refractivity (Wildman–Crippen MR) is 107 cm³/mol. The Morgan fingerprint density at radius 3 is 2.64 bits per heavy atom. The molecule has 0 fully saturated rings. The van der Waals surface area contributed by atoms with Crippen molar-refractivity contribution in [1.82, 2.24) is 9.29 Å². The Labute approximate surface area is 172 Å². The normalized spacial score (nSPS) is 14.8. The van der Waals surface area contributed by atoms with E-state index >= 15 is 0 Å². The number of H-pyrrole nitrogens is 1. The summed E-state index contributed by atoms with van der Waals surface area (Å²) in [6.45, 7) is 0.537. The Hall–Kier alpha value is -2.06. The van der Waals surface area contributed by atoms with Crippen molar-refractivity contribution in [3.8, 4) is 0 Å². The minimum absolute atomic E-state index is 0.0976. The Morgan fingerprint density at radius 1 is 1.14 bits per heavy atom. The fraction of sp³-hybridized carbons (Fsp3) is 0.211. The van der Waals surface area contributed by atoms with Crippen LogP contribution in [0.1, 0.15) is 21.6 Å². The van der Waals surface area contributed by atoms with Gasteiger partial charge in [-0.15, -0.1) is 0 Å². The number of ether oxygens (including phenoxy) is 1. The second-order valence-electron chi connectivity index (χ2n) is 6.50. The van der Waals surface area contributed by atoms with Crippen molar-refractivity contribution >= 4 is 50.1 Å². The fourth-order valence-corrected chi connectivity index (χ4v) is 5.22. The molecule has 1 aromatic heterocycles. The number of fused-ring (bicyclic) bond motifs is 3. The quantitative estimate of drug-likeness (QED) is 0.626. The van der Waals surface area contributed by atoms with Gasteiger partial charge in [-0.3, -0.25) is 0 Å². The SMILES string of the molecule is COC(=O)c1ccc2[nH]c3c(c2c1)CN(S(=O)(=O)c1ccc(Cl)c(Cl)c1)CC3. The highest BCUT2D eigenvalue weighted by atomic mass is 35.5. The molecule has 146 valence electrons. The minimum Gasteiger partial charge on any atom is -0.465 e. The lowest BCUT2D eigenvalue weighted by molar-refractivity contribution is 0.0601. The Kier molecular flexibility index (Phi) is 4.87. The summed E-state index contributed by atoms with van der Waals surface area (Å²) in [5.74, 6) is -0.437. The fourth-order valence-electron chi connectivity index (χ4n) is 3.43. The summed E-state index contributed by atoms with van der Waals surface area (Å²) < 4.78 is 32.4. The van der Waals surface area contributed by atoms with Crippen molar-refractivity contribution in [3.63, 3.8) is 0 Å². The molecule has 3 aromatic rings. The summed E-state index contributed by atoms with van der Waals surface area (Å²) in [5, 5.41) is 1.30. The van der Waals surface area contributed by atoms with Crippen molar-refractivity contribution in [2.75, 3.05) is 13.7 Å². The molecule has 6 nitrogen and oxygen atoms in total. The number of sulfonamides is 1. The van der Waals surface area contributed by atoms with E-state index in [1.807, 2.05) is 0 Å². The van der Waals surface area contributed by atoms with Crippen LogP contribution < -0.4 is 0 Å². The van der Waals surface area contributed by atoms with Crippen LogP contribution in [0, 0.1) is 0 Å². The van der Waals surface area contributed by atoms with Gasteiger partial charge in [0.1, 0.15) is 0 Å². The summed E-state index contributed by atoms with van der Waals surface area (Å²) in [7, 11) is -2.41. The lowest BCUT2D eigenvalue weighted by Crippen LogP contribution is -2.35. The second-order valence-corrected chi connectivity index (χ2v) is 9.25. The van der Waals surface area contributed by atoms with E-state index < -0.39 is 16.0 Å². The van der Waals surface area contributed by atoms with Gasteiger partial charge >= 0.3 is 5.97 Å². The third kappa shape index (κ3) is 3.18. The molecule has 4 rings (SSSR count). The van der Waals surface area contributed by atoms with Crippen molar-refractivity contribution in [1.29, 1.82) is 0 Å². The first-order chi connectivity index (χ1) is 13.3. The Bertz CT molecular complexity index is 1200. The molecule has 0 radical (unpaired) electrons. The largest absolute Gasteiger partial charge is 0.465 e. The minimum atomic E-state index is -3.74. The number of nitrogens with zero attached hydrogens (tertiary/aromatic N) is 1. The number of esters is 1. The zero-order chi connectivity index (χ0) is 20.1. The first-order valence-corrected chi connectivity index (χ1v) is 10.7. The highest BCUT2D eigenvalue weighted by Crippen LogP contribution is 2.32. The molecule has 0 atom stereocenters. The number of hydrogen-bond acceptors (Lipinski definition) is 4. The molecule has 2 aromatic carbocycles. The van der Waals surface area contributed by atoms with Crippen LogP contribution in [0.25, 0.3) is 10.9 Å². The summed E-state index contributed by atoms with van der Waals surface area (Å²) in [6.07, 6.45) is 0.540. The van der Waals surface area contributed by atoms with E-state index in [0.717, 1.165) is 22.2 Å². The summed E-state index contributed by atoms with van der Waals surface area (Å²) >= 11 is 11.9. The third-order valence-corrected chi connectivity index (χ3v) is 7.47. The molecule has 28 heavy (non-hydrogen) atoms. The van der Waals surface area contributed by atoms with E-state index in [-0.39, 0.29) is 16.5 Å². The number of halogens is 2. The van der Waals surface area contributed by atoms with Crippen LogP contribution in [0.5, 0.6) is 0 Å². The number of rotatable bonds is 3. The molecule has 0 aliphatic carbocycles. The Morgan fingerprint density at radius 2 is 1.93 bits per heavy atom. The summed E-state index contributed by atoms with van der Waals surface area (Å²) in [6, 6.07) is 9.49. The van der Waals surface area contributed by atoms with Crippen LogP contribution in [0.15, 0.2) is 41.3 Å². The van der Waals surface area contributed by atoms with E-state index in [1.54, 1.807) is 18.2 Å². The molecule has 0 spiro atoms. The van der Waals surface area contributed by atoms with Gasteiger partial charge in [-0.1, -0.05) is 23.2 Å².